The fourth-order valence-corrected chi connectivity index (χ4v) is 10.7. The van der Waals surface area contributed by atoms with Gasteiger partial charge < -0.3 is 10.0 Å². The Hall–Kier alpha value is -4.97. The maximum absolute atomic E-state index is 12.5. The van der Waals surface area contributed by atoms with Crippen LogP contribution in [0.4, 0.5) is 11.4 Å². The molecule has 2 aliphatic heterocycles. The molecule has 16 heteroatoms. The molecule has 4 aromatic rings. The Balaban J connectivity index is 1.34. The van der Waals surface area contributed by atoms with Gasteiger partial charge in [-0.1, -0.05) is 50.3 Å². The Morgan fingerprint density at radius 1 is 0.700 bits per heavy atom. The summed E-state index contributed by atoms with van der Waals surface area (Å²) in [6, 6.07) is 12.2. The van der Waals surface area contributed by atoms with E-state index in [1.165, 1.54) is 18.2 Å². The van der Waals surface area contributed by atoms with Gasteiger partial charge in [0.2, 0.25) is 5.69 Å². The number of carboxylic acids is 1. The molecule has 0 saturated carbocycles. The van der Waals surface area contributed by atoms with E-state index in [0.717, 1.165) is 45.1 Å². The zero-order valence-corrected chi connectivity index (χ0v) is 36.6. The molecule has 6 rings (SSSR count). The molecule has 0 saturated heterocycles. The third-order valence-electron chi connectivity index (χ3n) is 11.5. The van der Waals surface area contributed by atoms with Crippen LogP contribution in [0.3, 0.4) is 0 Å². The van der Waals surface area contributed by atoms with Gasteiger partial charge in [-0.3, -0.25) is 18.5 Å². The second kappa shape index (κ2) is 16.1. The summed E-state index contributed by atoms with van der Waals surface area (Å²) >= 11 is 0. The molecule has 0 bridgehead atoms. The summed E-state index contributed by atoms with van der Waals surface area (Å²) in [7, 11) is -14.2. The number of benzene rings is 4. The van der Waals surface area contributed by atoms with E-state index >= 15 is 0 Å². The highest BCUT2D eigenvalue weighted by atomic mass is 32.2. The van der Waals surface area contributed by atoms with Gasteiger partial charge >= 0.3 is 5.97 Å². The summed E-state index contributed by atoms with van der Waals surface area (Å²) in [4.78, 5) is 11.8. The predicted molar refractivity (Wildman–Crippen MR) is 233 cm³/mol. The van der Waals surface area contributed by atoms with Gasteiger partial charge in [0.25, 0.3) is 30.4 Å². The van der Waals surface area contributed by atoms with Crippen molar-refractivity contribution >= 4 is 75.0 Å². The number of allylic oxidation sites excluding steroid dienone is 8. The first-order valence-corrected chi connectivity index (χ1v) is 23.7. The lowest BCUT2D eigenvalue weighted by atomic mass is 9.79. The molecule has 0 spiro atoms. The summed E-state index contributed by atoms with van der Waals surface area (Å²) in [5.74, 6) is -0.883. The van der Waals surface area contributed by atoms with Crippen molar-refractivity contribution < 1.29 is 53.4 Å². The maximum Gasteiger partial charge on any atom is 0.303 e. The minimum Gasteiger partial charge on any atom is -0.481 e. The molecule has 0 fully saturated rings. The zero-order chi connectivity index (χ0) is 44.2. The smallest absolute Gasteiger partial charge is 0.303 e. The van der Waals surface area contributed by atoms with Crippen LogP contribution >= 0.6 is 0 Å². The molecule has 0 aromatic heterocycles. The number of nitrogens with zero attached hydrogens (tertiary/aromatic N) is 2. The van der Waals surface area contributed by atoms with Crippen molar-refractivity contribution in [3.05, 3.63) is 113 Å². The van der Waals surface area contributed by atoms with E-state index in [2.05, 4.69) is 18.7 Å². The van der Waals surface area contributed by atoms with E-state index in [0.29, 0.717) is 43.6 Å². The fourth-order valence-electron chi connectivity index (χ4n) is 8.79. The summed E-state index contributed by atoms with van der Waals surface area (Å²) in [5, 5.41) is 11.1. The first-order valence-electron chi connectivity index (χ1n) is 19.4. The molecule has 2 heterocycles. The van der Waals surface area contributed by atoms with Crippen molar-refractivity contribution in [3.8, 4) is 0 Å². The highest BCUT2D eigenvalue weighted by Gasteiger charge is 2.46. The Labute approximate surface area is 351 Å². The molecule has 0 unspecified atom stereocenters. The van der Waals surface area contributed by atoms with Crippen molar-refractivity contribution in [1.82, 2.24) is 0 Å². The number of unbranched alkanes of at least 4 members (excludes halogenated alkanes) is 2. The van der Waals surface area contributed by atoms with E-state index in [9.17, 15) is 43.7 Å². The van der Waals surface area contributed by atoms with Gasteiger partial charge in [0.1, 0.15) is 11.4 Å². The fraction of sp³-hybridized carbons (Fsp3) is 0.318. The van der Waals surface area contributed by atoms with Crippen molar-refractivity contribution in [3.63, 3.8) is 0 Å². The van der Waals surface area contributed by atoms with Crippen molar-refractivity contribution in [2.24, 2.45) is 0 Å². The zero-order valence-electron chi connectivity index (χ0n) is 34.2. The van der Waals surface area contributed by atoms with E-state index in [1.54, 1.807) is 12.1 Å². The number of fused-ring (bicyclic) bond motifs is 6. The van der Waals surface area contributed by atoms with Gasteiger partial charge in [-0.05, 0) is 110 Å². The third-order valence-corrected chi connectivity index (χ3v) is 14.0. The quantitative estimate of drug-likeness (QED) is 0.0408. The molecular weight excluding hydrogens is 829 g/mol. The first-order chi connectivity index (χ1) is 27.9. The van der Waals surface area contributed by atoms with E-state index in [1.807, 2.05) is 86.9 Å². The van der Waals surface area contributed by atoms with Crippen molar-refractivity contribution in [2.45, 2.75) is 92.7 Å². The molecule has 0 amide bonds. The van der Waals surface area contributed by atoms with Crippen LogP contribution in [0.1, 0.15) is 77.0 Å². The second-order valence-electron chi connectivity index (χ2n) is 16.1. The highest BCUT2D eigenvalue weighted by Crippen LogP contribution is 2.51. The molecule has 0 radical (unpaired) electrons. The average Bonchev–Trinajstić information content (AvgIpc) is 3.50. The van der Waals surface area contributed by atoms with Gasteiger partial charge in [-0.2, -0.15) is 29.8 Å². The van der Waals surface area contributed by atoms with Crippen LogP contribution in [0.25, 0.3) is 21.5 Å². The van der Waals surface area contributed by atoms with E-state index in [-0.39, 0.29) is 22.1 Å². The lowest BCUT2D eigenvalue weighted by Gasteiger charge is -2.26. The number of aryl methyl sites for hydroxylation is 1. The first kappa shape index (κ1) is 44.6. The molecule has 0 aliphatic carbocycles. The maximum atomic E-state index is 12.5. The van der Waals surface area contributed by atoms with Crippen molar-refractivity contribution in [1.29, 1.82) is 0 Å². The standard InChI is InChI=1S/C44H48N2O11S3/c1-7-45-35-21-19-31-28(2)24-29(58(49,50)51)25-33(31)41(35)43(3,4)38(45)16-12-9-8-10-13-17-39-44(5,6)42-34-26-30(59(52,53)54)27-37(60(55,56)57)32(34)20-22-36(42)46(39)23-15-11-14-18-40(47)48/h8-10,12-13,16-17,19-22,24-27H,7,11,14-15,18,23H2,1-6H3,(H3-,47,48,49,50,51,52,53,54,55,56,57)/p+1. The predicted octanol–water partition coefficient (Wildman–Crippen LogP) is 8.43. The number of hydrogen-bond acceptors (Lipinski definition) is 8. The number of carboxylic acid groups (broad SMARTS) is 1. The van der Waals surface area contributed by atoms with Crippen LogP contribution in [0.2, 0.25) is 0 Å². The number of hydrogen-bond donors (Lipinski definition) is 4. The van der Waals surface area contributed by atoms with Gasteiger partial charge in [-0.15, -0.1) is 0 Å². The largest absolute Gasteiger partial charge is 0.481 e. The minimum atomic E-state index is -4.90. The van der Waals surface area contributed by atoms with Crippen LogP contribution in [-0.4, -0.2) is 73.4 Å². The molecule has 318 valence electrons. The molecular formula is C44H49N2O11S3+. The van der Waals surface area contributed by atoms with E-state index < -0.39 is 56.9 Å². The summed E-state index contributed by atoms with van der Waals surface area (Å²) in [6.07, 6.45) is 15.0. The third kappa shape index (κ3) is 8.36. The van der Waals surface area contributed by atoms with Gasteiger partial charge in [-0.25, -0.2) is 0 Å². The van der Waals surface area contributed by atoms with Crippen LogP contribution in [0, 0.1) is 6.92 Å². The molecule has 60 heavy (non-hydrogen) atoms. The summed E-state index contributed by atoms with van der Waals surface area (Å²) < 4.78 is 106. The molecule has 2 aliphatic rings. The number of carbonyl (C=O) groups is 1. The van der Waals surface area contributed by atoms with Crippen LogP contribution in [-0.2, 0) is 46.0 Å². The normalized spacial score (nSPS) is 17.4. The Morgan fingerprint density at radius 2 is 1.30 bits per heavy atom. The summed E-state index contributed by atoms with van der Waals surface area (Å²) in [5.41, 5.74) is 4.37. The molecule has 13 nitrogen and oxygen atoms in total. The average molecular weight is 878 g/mol. The monoisotopic (exact) mass is 877 g/mol. The van der Waals surface area contributed by atoms with Crippen LogP contribution < -0.4 is 4.90 Å². The topological polar surface area (TPSA) is 207 Å². The van der Waals surface area contributed by atoms with Crippen molar-refractivity contribution in [2.75, 3.05) is 18.0 Å². The lowest BCUT2D eigenvalue weighted by Crippen LogP contribution is -2.28. The number of likely N-dealkylation sites (N-methyl/N-ethyl adjacent to an activating group) is 1. The molecule has 0 atom stereocenters. The van der Waals surface area contributed by atoms with Crippen LogP contribution in [0.5, 0.6) is 0 Å². The van der Waals surface area contributed by atoms with Gasteiger partial charge in [0.05, 0.1) is 15.2 Å². The Bertz CT molecular complexity index is 2960. The highest BCUT2D eigenvalue weighted by molar-refractivity contribution is 7.87. The number of anilines is 1. The molecule has 4 N–H and O–H groups in total. The Kier molecular flexibility index (Phi) is 12.0. The van der Waals surface area contributed by atoms with Gasteiger partial charge in [0, 0.05) is 59.3 Å². The van der Waals surface area contributed by atoms with Crippen LogP contribution in [0.15, 0.2) is 111 Å². The molecule has 4 aromatic carbocycles. The van der Waals surface area contributed by atoms with E-state index in [4.69, 9.17) is 5.11 Å². The Morgan fingerprint density at radius 3 is 1.92 bits per heavy atom. The lowest BCUT2D eigenvalue weighted by molar-refractivity contribution is -0.438. The van der Waals surface area contributed by atoms with Gasteiger partial charge in [0.15, 0.2) is 5.71 Å². The minimum absolute atomic E-state index is 0.0322. The summed E-state index contributed by atoms with van der Waals surface area (Å²) in [6.45, 7) is 13.0. The number of aliphatic carboxylic acids is 1. The SMILES string of the molecule is CCN1C(=CC=CC=CC=CC2=[N+](CCCCCC(=O)O)c3ccc4c(S(=O)(=O)O)cc(S(=O)(=O)O)cc4c3C2(C)C)C(C)(C)c2c1ccc1c(C)cc(S(=O)(=O)O)cc21. The second-order valence-corrected chi connectivity index (χ2v) is 20.3. The number of rotatable bonds is 14.